The summed E-state index contributed by atoms with van der Waals surface area (Å²) in [6.07, 6.45) is -1.52. The summed E-state index contributed by atoms with van der Waals surface area (Å²) in [5.74, 6) is -1.24. The average Bonchev–Trinajstić information content (AvgIpc) is 3.51. The van der Waals surface area contributed by atoms with Crippen LogP contribution in [0.25, 0.3) is 11.4 Å². The highest BCUT2D eigenvalue weighted by atomic mass is 19.4. The Morgan fingerprint density at radius 1 is 1.26 bits per heavy atom. The Bertz CT molecular complexity index is 1140. The molecule has 1 aliphatic heterocycles. The largest absolute Gasteiger partial charge is 0.416 e. The number of nitrogens with one attached hydrogen (secondary N) is 2. The van der Waals surface area contributed by atoms with Crippen LogP contribution < -0.4 is 21.3 Å². The van der Waals surface area contributed by atoms with Gasteiger partial charge in [0.1, 0.15) is 17.1 Å². The summed E-state index contributed by atoms with van der Waals surface area (Å²) < 4.78 is 53.4. The molecule has 2 heterocycles. The lowest BCUT2D eigenvalue weighted by Gasteiger charge is -2.22. The summed E-state index contributed by atoms with van der Waals surface area (Å²) in [6.45, 7) is 1.72. The lowest BCUT2D eigenvalue weighted by Crippen LogP contribution is -2.41. The number of nitrogens with zero attached hydrogens (tertiary/aromatic N) is 3. The molecule has 4 N–H and O–H groups in total. The van der Waals surface area contributed by atoms with Crippen LogP contribution in [0.15, 0.2) is 24.4 Å². The van der Waals surface area contributed by atoms with E-state index in [4.69, 9.17) is 5.73 Å². The van der Waals surface area contributed by atoms with Gasteiger partial charge in [-0.05, 0) is 49.9 Å². The normalized spacial score (nSPS) is 18.9. The fraction of sp³-hybridized carbons (Fsp3) is 0.478. The quantitative estimate of drug-likeness (QED) is 0.402. The number of carbonyl (C=O) groups is 2. The lowest BCUT2D eigenvalue weighted by molar-refractivity contribution is -0.138. The SMILES string of the molecule is CNC(=O)C1(C(=O)NCc2cnc(-c3ccc(C(F)(F)F)cc3F)nc2N2CCC(CN)C2)CC1. The van der Waals surface area contributed by atoms with Crippen LogP contribution in [0.2, 0.25) is 0 Å². The number of carbonyl (C=O) groups excluding carboxylic acids is 2. The van der Waals surface area contributed by atoms with Gasteiger partial charge in [-0.15, -0.1) is 0 Å². The molecule has 0 bridgehead atoms. The third-order valence-corrected chi connectivity index (χ3v) is 6.58. The Kier molecular flexibility index (Phi) is 6.67. The fourth-order valence-corrected chi connectivity index (χ4v) is 4.28. The number of rotatable bonds is 7. The molecule has 1 unspecified atom stereocenters. The van der Waals surface area contributed by atoms with E-state index in [1.807, 2.05) is 4.90 Å². The molecule has 12 heteroatoms. The molecule has 188 valence electrons. The summed E-state index contributed by atoms with van der Waals surface area (Å²) >= 11 is 0. The molecular formula is C23H26F4N6O2. The van der Waals surface area contributed by atoms with Crippen LogP contribution in [0.1, 0.15) is 30.4 Å². The van der Waals surface area contributed by atoms with Gasteiger partial charge in [-0.1, -0.05) is 0 Å². The number of halogens is 4. The summed E-state index contributed by atoms with van der Waals surface area (Å²) in [6, 6.07) is 2.20. The minimum Gasteiger partial charge on any atom is -0.358 e. The molecule has 1 aromatic heterocycles. The Hall–Kier alpha value is -3.28. The molecule has 1 aromatic carbocycles. The highest BCUT2D eigenvalue weighted by molar-refractivity contribution is 6.07. The van der Waals surface area contributed by atoms with Crippen molar-refractivity contribution in [1.29, 1.82) is 0 Å². The maximum Gasteiger partial charge on any atom is 0.416 e. The van der Waals surface area contributed by atoms with E-state index in [1.54, 1.807) is 0 Å². The number of anilines is 1. The second kappa shape index (κ2) is 9.40. The first-order valence-corrected chi connectivity index (χ1v) is 11.3. The Morgan fingerprint density at radius 2 is 2.00 bits per heavy atom. The van der Waals surface area contributed by atoms with E-state index in [0.717, 1.165) is 18.6 Å². The lowest BCUT2D eigenvalue weighted by atomic mass is 10.1. The molecule has 0 spiro atoms. The van der Waals surface area contributed by atoms with E-state index in [2.05, 4.69) is 20.6 Å². The molecule has 2 fully saturated rings. The van der Waals surface area contributed by atoms with Crippen molar-refractivity contribution in [3.63, 3.8) is 0 Å². The highest BCUT2D eigenvalue weighted by Crippen LogP contribution is 2.46. The van der Waals surface area contributed by atoms with Crippen molar-refractivity contribution in [2.45, 2.75) is 32.0 Å². The smallest absolute Gasteiger partial charge is 0.358 e. The van der Waals surface area contributed by atoms with Crippen molar-refractivity contribution in [3.05, 3.63) is 41.3 Å². The van der Waals surface area contributed by atoms with Crippen molar-refractivity contribution >= 4 is 17.6 Å². The molecule has 1 saturated heterocycles. The molecule has 0 radical (unpaired) electrons. The maximum absolute atomic E-state index is 14.6. The van der Waals surface area contributed by atoms with Gasteiger partial charge in [0, 0.05) is 38.4 Å². The first kappa shape index (κ1) is 24.8. The molecule has 1 atom stereocenters. The van der Waals surface area contributed by atoms with E-state index in [9.17, 15) is 27.2 Å². The van der Waals surface area contributed by atoms with E-state index in [-0.39, 0.29) is 29.8 Å². The summed E-state index contributed by atoms with van der Waals surface area (Å²) in [4.78, 5) is 35.4. The number of benzene rings is 1. The monoisotopic (exact) mass is 494 g/mol. The second-order valence-corrected chi connectivity index (χ2v) is 8.92. The van der Waals surface area contributed by atoms with Crippen molar-refractivity contribution in [2.24, 2.45) is 17.1 Å². The zero-order valence-electron chi connectivity index (χ0n) is 19.1. The first-order chi connectivity index (χ1) is 16.6. The molecule has 1 saturated carbocycles. The van der Waals surface area contributed by atoms with Crippen LogP contribution in [0, 0.1) is 17.2 Å². The maximum atomic E-state index is 14.6. The Labute approximate surface area is 199 Å². The van der Waals surface area contributed by atoms with Gasteiger partial charge >= 0.3 is 6.18 Å². The molecule has 8 nitrogen and oxygen atoms in total. The van der Waals surface area contributed by atoms with Crippen LogP contribution in [-0.4, -0.2) is 48.5 Å². The van der Waals surface area contributed by atoms with Gasteiger partial charge < -0.3 is 21.3 Å². The minimum absolute atomic E-state index is 0.0342. The standard InChI is InChI=1S/C23H26F4N6O2/c1-29-20(34)22(5-6-22)21(35)31-11-14-10-30-18(32-19(14)33-7-4-13(9-28)12-33)16-3-2-15(8-17(16)24)23(25,26)27/h2-3,8,10,13H,4-7,9,11-12,28H2,1H3,(H,29,34)(H,31,35). The number of alkyl halides is 3. The predicted octanol–water partition coefficient (Wildman–Crippen LogP) is 2.23. The topological polar surface area (TPSA) is 113 Å². The number of nitrogens with two attached hydrogens (primary N) is 1. The van der Waals surface area contributed by atoms with Crippen LogP contribution in [0.4, 0.5) is 23.4 Å². The summed E-state index contributed by atoms with van der Waals surface area (Å²) in [7, 11) is 1.47. The second-order valence-electron chi connectivity index (χ2n) is 8.92. The number of aromatic nitrogens is 2. The average molecular weight is 494 g/mol. The third-order valence-electron chi connectivity index (χ3n) is 6.58. The number of amides is 2. The fourth-order valence-electron chi connectivity index (χ4n) is 4.28. The summed E-state index contributed by atoms with van der Waals surface area (Å²) in [5, 5.41) is 5.28. The van der Waals surface area contributed by atoms with Crippen LogP contribution in [-0.2, 0) is 22.3 Å². The zero-order valence-corrected chi connectivity index (χ0v) is 19.1. The van der Waals surface area contributed by atoms with E-state index < -0.39 is 28.9 Å². The first-order valence-electron chi connectivity index (χ1n) is 11.3. The summed E-state index contributed by atoms with van der Waals surface area (Å²) in [5.41, 5.74) is 4.00. The van der Waals surface area contributed by atoms with Gasteiger partial charge in [-0.3, -0.25) is 9.59 Å². The van der Waals surface area contributed by atoms with Gasteiger partial charge in [-0.25, -0.2) is 14.4 Å². The van der Waals surface area contributed by atoms with E-state index >= 15 is 0 Å². The Balaban J connectivity index is 1.63. The third kappa shape index (κ3) is 4.93. The minimum atomic E-state index is -4.67. The van der Waals surface area contributed by atoms with Gasteiger partial charge in [0.25, 0.3) is 0 Å². The van der Waals surface area contributed by atoms with Crippen LogP contribution in [0.5, 0.6) is 0 Å². The molecule has 2 aromatic rings. The van der Waals surface area contributed by atoms with Crippen LogP contribution >= 0.6 is 0 Å². The number of hydrogen-bond donors (Lipinski definition) is 3. The van der Waals surface area contributed by atoms with Gasteiger partial charge in [0.05, 0.1) is 11.1 Å². The van der Waals surface area contributed by atoms with Gasteiger partial charge in [0.15, 0.2) is 5.82 Å². The van der Waals surface area contributed by atoms with Gasteiger partial charge in [0.2, 0.25) is 11.8 Å². The van der Waals surface area contributed by atoms with Crippen molar-refractivity contribution in [3.8, 4) is 11.4 Å². The number of hydrogen-bond acceptors (Lipinski definition) is 6. The van der Waals surface area contributed by atoms with Crippen molar-refractivity contribution in [1.82, 2.24) is 20.6 Å². The van der Waals surface area contributed by atoms with E-state index in [1.165, 1.54) is 13.2 Å². The molecule has 4 rings (SSSR count). The Morgan fingerprint density at radius 3 is 2.57 bits per heavy atom. The predicted molar refractivity (Wildman–Crippen MR) is 119 cm³/mol. The zero-order chi connectivity index (χ0) is 25.4. The van der Waals surface area contributed by atoms with E-state index in [0.29, 0.717) is 49.9 Å². The van der Waals surface area contributed by atoms with Gasteiger partial charge in [-0.2, -0.15) is 13.2 Å². The van der Waals surface area contributed by atoms with Crippen molar-refractivity contribution in [2.75, 3.05) is 31.6 Å². The van der Waals surface area contributed by atoms with Crippen LogP contribution in [0.3, 0.4) is 0 Å². The van der Waals surface area contributed by atoms with Crippen molar-refractivity contribution < 1.29 is 27.2 Å². The molecule has 35 heavy (non-hydrogen) atoms. The molecular weight excluding hydrogens is 468 g/mol. The highest BCUT2D eigenvalue weighted by Gasteiger charge is 2.56. The molecule has 2 aliphatic rings. The molecule has 2 amide bonds. The molecule has 1 aliphatic carbocycles.